The Balaban J connectivity index is 2.44. The highest BCUT2D eigenvalue weighted by Gasteiger charge is 2.12. The standard InChI is InChI=1S/C11H14BrN/c1-8-10(7-12)6-9-4-2-3-5-11(9)13-8/h6H,2-5,7H2,1H3. The van der Waals surface area contributed by atoms with Crippen LogP contribution in [0.15, 0.2) is 6.07 Å². The number of aryl methyl sites for hydroxylation is 3. The normalized spacial score (nSPS) is 15.5. The molecule has 2 rings (SSSR count). The third-order valence-electron chi connectivity index (χ3n) is 2.74. The van der Waals surface area contributed by atoms with Crippen molar-refractivity contribution >= 4 is 15.9 Å². The minimum atomic E-state index is 0.930. The first-order valence-corrected chi connectivity index (χ1v) is 5.97. The van der Waals surface area contributed by atoms with Crippen LogP contribution in [-0.4, -0.2) is 4.98 Å². The van der Waals surface area contributed by atoms with E-state index in [4.69, 9.17) is 0 Å². The smallest absolute Gasteiger partial charge is 0.0438 e. The summed E-state index contributed by atoms with van der Waals surface area (Å²) in [6.45, 7) is 2.10. The van der Waals surface area contributed by atoms with Crippen LogP contribution in [0.1, 0.15) is 35.4 Å². The molecule has 0 unspecified atom stereocenters. The molecule has 0 spiro atoms. The number of alkyl halides is 1. The Morgan fingerprint density at radius 1 is 1.38 bits per heavy atom. The van der Waals surface area contributed by atoms with Gasteiger partial charge in [0.2, 0.25) is 0 Å². The number of aromatic nitrogens is 1. The van der Waals surface area contributed by atoms with Crippen LogP contribution in [0.4, 0.5) is 0 Å². The molecule has 0 saturated carbocycles. The van der Waals surface area contributed by atoms with Gasteiger partial charge in [0.05, 0.1) is 0 Å². The van der Waals surface area contributed by atoms with E-state index in [9.17, 15) is 0 Å². The number of halogens is 1. The summed E-state index contributed by atoms with van der Waals surface area (Å²) in [6.07, 6.45) is 5.05. The molecule has 1 aliphatic rings. The third-order valence-corrected chi connectivity index (χ3v) is 3.34. The lowest BCUT2D eigenvalue weighted by molar-refractivity contribution is 0.664. The minimum Gasteiger partial charge on any atom is -0.258 e. The van der Waals surface area contributed by atoms with Crippen LogP contribution in [-0.2, 0) is 18.2 Å². The minimum absolute atomic E-state index is 0.930. The quantitative estimate of drug-likeness (QED) is 0.687. The van der Waals surface area contributed by atoms with Crippen molar-refractivity contribution in [3.8, 4) is 0 Å². The molecule has 0 aromatic carbocycles. The average Bonchev–Trinajstić information content (AvgIpc) is 2.17. The van der Waals surface area contributed by atoms with E-state index in [1.807, 2.05) is 0 Å². The van der Waals surface area contributed by atoms with Crippen molar-refractivity contribution in [3.05, 3.63) is 28.6 Å². The third kappa shape index (κ3) is 1.78. The highest BCUT2D eigenvalue weighted by Crippen LogP contribution is 2.22. The molecule has 0 aliphatic heterocycles. The summed E-state index contributed by atoms with van der Waals surface area (Å²) in [7, 11) is 0. The SMILES string of the molecule is Cc1nc2c(cc1CBr)CCCC2. The fourth-order valence-electron chi connectivity index (χ4n) is 1.92. The number of hydrogen-bond acceptors (Lipinski definition) is 1. The van der Waals surface area contributed by atoms with Gasteiger partial charge in [0, 0.05) is 16.7 Å². The molecule has 0 amide bonds. The Bertz CT molecular complexity index is 320. The second kappa shape index (κ2) is 3.79. The van der Waals surface area contributed by atoms with Crippen LogP contribution in [0.5, 0.6) is 0 Å². The molecule has 0 bridgehead atoms. The zero-order valence-corrected chi connectivity index (χ0v) is 9.52. The summed E-state index contributed by atoms with van der Waals surface area (Å²) in [5, 5.41) is 0.930. The van der Waals surface area contributed by atoms with E-state index < -0.39 is 0 Å². The summed E-state index contributed by atoms with van der Waals surface area (Å²) in [5.41, 5.74) is 5.36. The molecule has 1 aromatic heterocycles. The van der Waals surface area contributed by atoms with E-state index in [1.54, 1.807) is 0 Å². The summed E-state index contributed by atoms with van der Waals surface area (Å²) < 4.78 is 0. The van der Waals surface area contributed by atoms with Gasteiger partial charge in [0.15, 0.2) is 0 Å². The van der Waals surface area contributed by atoms with Crippen LogP contribution < -0.4 is 0 Å². The van der Waals surface area contributed by atoms with E-state index in [-0.39, 0.29) is 0 Å². The summed E-state index contributed by atoms with van der Waals surface area (Å²) in [6, 6.07) is 2.32. The fraction of sp³-hybridized carbons (Fsp3) is 0.545. The van der Waals surface area contributed by atoms with Gasteiger partial charge in [-0.3, -0.25) is 4.98 Å². The number of hydrogen-bond donors (Lipinski definition) is 0. The molecule has 70 valence electrons. The molecule has 13 heavy (non-hydrogen) atoms. The van der Waals surface area contributed by atoms with Crippen molar-refractivity contribution in [3.63, 3.8) is 0 Å². The van der Waals surface area contributed by atoms with E-state index in [0.717, 1.165) is 5.33 Å². The molecule has 0 fully saturated rings. The largest absolute Gasteiger partial charge is 0.258 e. The highest BCUT2D eigenvalue weighted by molar-refractivity contribution is 9.08. The van der Waals surface area contributed by atoms with Gasteiger partial charge in [0.1, 0.15) is 0 Å². The number of rotatable bonds is 1. The van der Waals surface area contributed by atoms with Gasteiger partial charge < -0.3 is 0 Å². The Morgan fingerprint density at radius 2 is 2.15 bits per heavy atom. The van der Waals surface area contributed by atoms with Crippen molar-refractivity contribution in [2.75, 3.05) is 0 Å². The number of fused-ring (bicyclic) bond motifs is 1. The molecule has 1 nitrogen and oxygen atoms in total. The van der Waals surface area contributed by atoms with Gasteiger partial charge in [-0.15, -0.1) is 0 Å². The van der Waals surface area contributed by atoms with Crippen LogP contribution in [0.3, 0.4) is 0 Å². The zero-order valence-electron chi connectivity index (χ0n) is 7.94. The van der Waals surface area contributed by atoms with Crippen LogP contribution in [0, 0.1) is 6.92 Å². The second-order valence-electron chi connectivity index (χ2n) is 3.68. The van der Waals surface area contributed by atoms with E-state index in [1.165, 1.54) is 48.2 Å². The van der Waals surface area contributed by atoms with Crippen molar-refractivity contribution in [2.45, 2.75) is 37.9 Å². The van der Waals surface area contributed by atoms with E-state index in [0.29, 0.717) is 0 Å². The molecule has 2 heteroatoms. The summed E-state index contributed by atoms with van der Waals surface area (Å²) >= 11 is 3.50. The van der Waals surface area contributed by atoms with Crippen molar-refractivity contribution in [2.24, 2.45) is 0 Å². The first-order valence-electron chi connectivity index (χ1n) is 4.85. The molecule has 0 N–H and O–H groups in total. The maximum absolute atomic E-state index is 4.65. The predicted octanol–water partition coefficient (Wildman–Crippen LogP) is 3.16. The lowest BCUT2D eigenvalue weighted by atomic mass is 9.94. The zero-order chi connectivity index (χ0) is 9.26. The molecular formula is C11H14BrN. The summed E-state index contributed by atoms with van der Waals surface area (Å²) in [4.78, 5) is 4.65. The van der Waals surface area contributed by atoms with E-state index in [2.05, 4.69) is 33.9 Å². The maximum atomic E-state index is 4.65. The molecule has 0 saturated heterocycles. The van der Waals surface area contributed by atoms with Gasteiger partial charge >= 0.3 is 0 Å². The Morgan fingerprint density at radius 3 is 2.92 bits per heavy atom. The Kier molecular flexibility index (Phi) is 2.68. The molecule has 0 atom stereocenters. The highest BCUT2D eigenvalue weighted by atomic mass is 79.9. The van der Waals surface area contributed by atoms with E-state index >= 15 is 0 Å². The van der Waals surface area contributed by atoms with Crippen molar-refractivity contribution < 1.29 is 0 Å². The first-order chi connectivity index (χ1) is 6.31. The molecular weight excluding hydrogens is 226 g/mol. The summed E-state index contributed by atoms with van der Waals surface area (Å²) in [5.74, 6) is 0. The van der Waals surface area contributed by atoms with Crippen LogP contribution >= 0.6 is 15.9 Å². The van der Waals surface area contributed by atoms with Gasteiger partial charge in [-0.05, 0) is 43.7 Å². The van der Waals surface area contributed by atoms with Gasteiger partial charge in [-0.2, -0.15) is 0 Å². The average molecular weight is 240 g/mol. The Labute approximate surface area is 87.7 Å². The molecule has 0 radical (unpaired) electrons. The van der Waals surface area contributed by atoms with Gasteiger partial charge in [-0.25, -0.2) is 0 Å². The molecule has 1 aliphatic carbocycles. The fourth-order valence-corrected chi connectivity index (χ4v) is 2.49. The second-order valence-corrected chi connectivity index (χ2v) is 4.24. The lowest BCUT2D eigenvalue weighted by Crippen LogP contribution is -2.07. The predicted molar refractivity (Wildman–Crippen MR) is 58.2 cm³/mol. The molecule has 1 aromatic rings. The number of nitrogens with zero attached hydrogens (tertiary/aromatic N) is 1. The van der Waals surface area contributed by atoms with Crippen molar-refractivity contribution in [1.29, 1.82) is 0 Å². The molecule has 1 heterocycles. The maximum Gasteiger partial charge on any atom is 0.0438 e. The lowest BCUT2D eigenvalue weighted by Gasteiger charge is -2.16. The monoisotopic (exact) mass is 239 g/mol. The van der Waals surface area contributed by atoms with Gasteiger partial charge in [-0.1, -0.05) is 22.0 Å². The van der Waals surface area contributed by atoms with Crippen LogP contribution in [0.25, 0.3) is 0 Å². The van der Waals surface area contributed by atoms with Crippen LogP contribution in [0.2, 0.25) is 0 Å². The topological polar surface area (TPSA) is 12.9 Å². The van der Waals surface area contributed by atoms with Crippen molar-refractivity contribution in [1.82, 2.24) is 4.98 Å². The van der Waals surface area contributed by atoms with Gasteiger partial charge in [0.25, 0.3) is 0 Å². The number of pyridine rings is 1. The first kappa shape index (κ1) is 9.20. The Hall–Kier alpha value is -0.370.